The van der Waals surface area contributed by atoms with Gasteiger partial charge in [0.2, 0.25) is 0 Å². The number of hydrogen-bond donors (Lipinski definition) is 1. The Bertz CT molecular complexity index is 275. The van der Waals surface area contributed by atoms with Gasteiger partial charge in [-0.2, -0.15) is 0 Å². The van der Waals surface area contributed by atoms with Gasteiger partial charge in [0.1, 0.15) is 5.75 Å². The van der Waals surface area contributed by atoms with E-state index in [4.69, 9.17) is 0 Å². The van der Waals surface area contributed by atoms with Gasteiger partial charge in [0.15, 0.2) is 0 Å². The first-order chi connectivity index (χ1) is 5.66. The second-order valence-corrected chi connectivity index (χ2v) is 3.53. The van der Waals surface area contributed by atoms with E-state index in [-0.39, 0.29) is 11.7 Å². The van der Waals surface area contributed by atoms with E-state index < -0.39 is 6.67 Å². The molecule has 0 amide bonds. The number of rotatable bonds is 2. The van der Waals surface area contributed by atoms with Gasteiger partial charge in [-0.05, 0) is 27.6 Å². The minimum Gasteiger partial charge on any atom is -0.507 e. The Kier molecular flexibility index (Phi) is 3.09. The van der Waals surface area contributed by atoms with Crippen LogP contribution in [0.3, 0.4) is 0 Å². The zero-order valence-corrected chi connectivity index (χ0v) is 8.31. The van der Waals surface area contributed by atoms with Crippen LogP contribution in [-0.2, 0) is 0 Å². The first-order valence-electron chi connectivity index (χ1n) is 3.70. The van der Waals surface area contributed by atoms with E-state index in [9.17, 15) is 9.50 Å². The molecule has 0 radical (unpaired) electrons. The second-order valence-electron chi connectivity index (χ2n) is 2.74. The summed E-state index contributed by atoms with van der Waals surface area (Å²) in [7, 11) is 0. The number of hydrogen-bond acceptors (Lipinski definition) is 1. The third kappa shape index (κ3) is 1.78. The lowest BCUT2D eigenvalue weighted by molar-refractivity contribution is 0.441. The highest BCUT2D eigenvalue weighted by molar-refractivity contribution is 9.10. The van der Waals surface area contributed by atoms with E-state index in [1.165, 1.54) is 0 Å². The molecular weight excluding hydrogens is 223 g/mol. The molecule has 1 rings (SSSR count). The lowest BCUT2D eigenvalue weighted by Gasteiger charge is -2.10. The highest BCUT2D eigenvalue weighted by Crippen LogP contribution is 2.32. The molecule has 1 aromatic carbocycles. The second kappa shape index (κ2) is 3.90. The monoisotopic (exact) mass is 232 g/mol. The molecule has 0 aromatic heterocycles. The first-order valence-corrected chi connectivity index (χ1v) is 4.49. The van der Waals surface area contributed by atoms with Crippen molar-refractivity contribution in [2.24, 2.45) is 0 Å². The molecule has 1 atom stereocenters. The van der Waals surface area contributed by atoms with Crippen molar-refractivity contribution in [3.63, 3.8) is 0 Å². The molecule has 0 aliphatic carbocycles. The van der Waals surface area contributed by atoms with Gasteiger partial charge in [-0.3, -0.25) is 4.39 Å². The predicted molar refractivity (Wildman–Crippen MR) is 50.2 cm³/mol. The highest BCUT2D eigenvalue weighted by atomic mass is 79.9. The standard InChI is InChI=1S/C9H10BrFO/c1-6(5-11)7-3-2-4-8(12)9(7)10/h2-4,6,12H,5H2,1H3. The number of phenols is 1. The van der Waals surface area contributed by atoms with Crippen LogP contribution in [-0.4, -0.2) is 11.8 Å². The van der Waals surface area contributed by atoms with E-state index in [0.29, 0.717) is 4.47 Å². The molecule has 0 aliphatic rings. The quantitative estimate of drug-likeness (QED) is 0.831. The fourth-order valence-electron chi connectivity index (χ4n) is 1.00. The summed E-state index contributed by atoms with van der Waals surface area (Å²) in [5.41, 5.74) is 0.803. The number of benzene rings is 1. The molecule has 66 valence electrons. The van der Waals surface area contributed by atoms with Crippen molar-refractivity contribution in [1.82, 2.24) is 0 Å². The van der Waals surface area contributed by atoms with Crippen LogP contribution in [0.15, 0.2) is 22.7 Å². The topological polar surface area (TPSA) is 20.2 Å². The maximum atomic E-state index is 12.3. The van der Waals surface area contributed by atoms with Gasteiger partial charge >= 0.3 is 0 Å². The molecule has 1 unspecified atom stereocenters. The molecule has 1 nitrogen and oxygen atoms in total. The van der Waals surface area contributed by atoms with E-state index in [1.807, 2.05) is 0 Å². The Balaban J connectivity index is 3.07. The zero-order valence-electron chi connectivity index (χ0n) is 6.72. The SMILES string of the molecule is CC(CF)c1cccc(O)c1Br. The number of aromatic hydroxyl groups is 1. The van der Waals surface area contributed by atoms with Crippen molar-refractivity contribution in [2.45, 2.75) is 12.8 Å². The Morgan fingerprint density at radius 2 is 2.25 bits per heavy atom. The average molecular weight is 233 g/mol. The number of phenolic OH excluding ortho intramolecular Hbond substituents is 1. The molecule has 0 bridgehead atoms. The van der Waals surface area contributed by atoms with E-state index >= 15 is 0 Å². The fraction of sp³-hybridized carbons (Fsp3) is 0.333. The van der Waals surface area contributed by atoms with Crippen LogP contribution >= 0.6 is 15.9 Å². The van der Waals surface area contributed by atoms with E-state index in [0.717, 1.165) is 5.56 Å². The van der Waals surface area contributed by atoms with Crippen molar-refractivity contribution < 1.29 is 9.50 Å². The third-order valence-corrected chi connectivity index (χ3v) is 2.63. The van der Waals surface area contributed by atoms with Crippen molar-refractivity contribution in [3.05, 3.63) is 28.2 Å². The maximum absolute atomic E-state index is 12.3. The summed E-state index contributed by atoms with van der Waals surface area (Å²) in [5.74, 6) is -0.0146. The van der Waals surface area contributed by atoms with Crippen molar-refractivity contribution in [1.29, 1.82) is 0 Å². The zero-order chi connectivity index (χ0) is 9.14. The van der Waals surface area contributed by atoms with Crippen molar-refractivity contribution >= 4 is 15.9 Å². The van der Waals surface area contributed by atoms with E-state index in [1.54, 1.807) is 25.1 Å². The minimum absolute atomic E-state index is 0.160. The molecule has 0 fully saturated rings. The Morgan fingerprint density at radius 1 is 1.58 bits per heavy atom. The molecule has 0 aliphatic heterocycles. The Morgan fingerprint density at radius 3 is 2.83 bits per heavy atom. The summed E-state index contributed by atoms with van der Waals surface area (Å²) >= 11 is 3.20. The molecule has 0 spiro atoms. The molecule has 3 heteroatoms. The largest absolute Gasteiger partial charge is 0.507 e. The molecule has 0 heterocycles. The van der Waals surface area contributed by atoms with Crippen LogP contribution in [0, 0.1) is 0 Å². The van der Waals surface area contributed by atoms with Gasteiger partial charge in [0, 0.05) is 5.92 Å². The normalized spacial score (nSPS) is 12.9. The summed E-state index contributed by atoms with van der Waals surface area (Å²) in [6.45, 7) is 1.36. The van der Waals surface area contributed by atoms with Gasteiger partial charge in [0.25, 0.3) is 0 Å². The predicted octanol–water partition coefficient (Wildman–Crippen LogP) is 3.23. The average Bonchev–Trinajstić information content (AvgIpc) is 2.08. The molecule has 1 aromatic rings. The lowest BCUT2D eigenvalue weighted by Crippen LogP contribution is -1.96. The van der Waals surface area contributed by atoms with Crippen LogP contribution in [0.5, 0.6) is 5.75 Å². The van der Waals surface area contributed by atoms with Gasteiger partial charge < -0.3 is 5.11 Å². The van der Waals surface area contributed by atoms with Gasteiger partial charge in [0.05, 0.1) is 11.1 Å². The fourth-order valence-corrected chi connectivity index (χ4v) is 1.66. The highest BCUT2D eigenvalue weighted by Gasteiger charge is 2.10. The molecule has 0 saturated heterocycles. The summed E-state index contributed by atoms with van der Waals surface area (Å²) in [6.07, 6.45) is 0. The smallest absolute Gasteiger partial charge is 0.130 e. The number of halogens is 2. The minimum atomic E-state index is -0.415. The first kappa shape index (κ1) is 9.52. The number of alkyl halides is 1. The van der Waals surface area contributed by atoms with Crippen LogP contribution in [0.25, 0.3) is 0 Å². The molecule has 0 saturated carbocycles. The summed E-state index contributed by atoms with van der Waals surface area (Å²) in [4.78, 5) is 0. The molecule has 1 N–H and O–H groups in total. The van der Waals surface area contributed by atoms with Crippen LogP contribution in [0.2, 0.25) is 0 Å². The Labute approximate surface area is 79.4 Å². The third-order valence-electron chi connectivity index (χ3n) is 1.77. The van der Waals surface area contributed by atoms with Crippen LogP contribution < -0.4 is 0 Å². The summed E-state index contributed by atoms with van der Waals surface area (Å²) in [5, 5.41) is 9.28. The summed E-state index contributed by atoms with van der Waals surface area (Å²) < 4.78 is 12.9. The van der Waals surface area contributed by atoms with Crippen LogP contribution in [0.1, 0.15) is 18.4 Å². The van der Waals surface area contributed by atoms with E-state index in [2.05, 4.69) is 15.9 Å². The van der Waals surface area contributed by atoms with Crippen molar-refractivity contribution in [3.8, 4) is 5.75 Å². The van der Waals surface area contributed by atoms with Gasteiger partial charge in [-0.15, -0.1) is 0 Å². The van der Waals surface area contributed by atoms with Gasteiger partial charge in [-0.1, -0.05) is 19.1 Å². The lowest BCUT2D eigenvalue weighted by atomic mass is 10.0. The van der Waals surface area contributed by atoms with Gasteiger partial charge in [-0.25, -0.2) is 0 Å². The maximum Gasteiger partial charge on any atom is 0.130 e. The summed E-state index contributed by atoms with van der Waals surface area (Å²) in [6, 6.07) is 5.08. The van der Waals surface area contributed by atoms with Crippen molar-refractivity contribution in [2.75, 3.05) is 6.67 Å². The Hall–Kier alpha value is -0.570. The molecular formula is C9H10BrFO. The van der Waals surface area contributed by atoms with Crippen LogP contribution in [0.4, 0.5) is 4.39 Å². The molecule has 12 heavy (non-hydrogen) atoms.